The van der Waals surface area contributed by atoms with Crippen LogP contribution >= 0.6 is 0 Å². The number of urea groups is 1. The van der Waals surface area contributed by atoms with Crippen LogP contribution in [0.25, 0.3) is 0 Å². The van der Waals surface area contributed by atoms with Gasteiger partial charge in [-0.25, -0.2) is 9.59 Å². The van der Waals surface area contributed by atoms with Crippen LogP contribution in [-0.4, -0.2) is 54.9 Å². The van der Waals surface area contributed by atoms with Crippen molar-refractivity contribution >= 4 is 17.7 Å². The average Bonchev–Trinajstić information content (AvgIpc) is 2.75. The lowest BCUT2D eigenvalue weighted by atomic mass is 10.3. The molecule has 2 rings (SSSR count). The van der Waals surface area contributed by atoms with E-state index in [1.54, 1.807) is 29.2 Å². The molecule has 0 radical (unpaired) electrons. The molecule has 2 N–H and O–H groups in total. The van der Waals surface area contributed by atoms with Crippen LogP contribution in [0, 0.1) is 0 Å². The number of carbonyl (C=O) groups excluding carboxylic acids is 1. The average molecular weight is 294 g/mol. The summed E-state index contributed by atoms with van der Waals surface area (Å²) in [7, 11) is 0. The van der Waals surface area contributed by atoms with Crippen molar-refractivity contribution in [3.05, 3.63) is 24.3 Å². The zero-order valence-electron chi connectivity index (χ0n) is 11.6. The smallest absolute Gasteiger partial charge is 0.341 e. The Hall–Kier alpha value is -2.28. The summed E-state index contributed by atoms with van der Waals surface area (Å²) in [5, 5.41) is 11.4. The minimum Gasteiger partial charge on any atom is -0.480 e. The summed E-state index contributed by atoms with van der Waals surface area (Å²) in [6, 6.07) is 6.50. The van der Waals surface area contributed by atoms with Gasteiger partial charge in [-0.15, -0.1) is 0 Å². The molecule has 1 saturated heterocycles. The molecular formula is C14H18N2O5. The maximum absolute atomic E-state index is 12.2. The summed E-state index contributed by atoms with van der Waals surface area (Å²) in [5.41, 5.74) is 0.453. The van der Waals surface area contributed by atoms with Crippen molar-refractivity contribution in [2.45, 2.75) is 6.42 Å². The van der Waals surface area contributed by atoms with Gasteiger partial charge in [-0.05, 0) is 18.6 Å². The van der Waals surface area contributed by atoms with Gasteiger partial charge in [0.1, 0.15) is 5.75 Å². The number of nitrogens with zero attached hydrogens (tertiary/aromatic N) is 1. The minimum absolute atomic E-state index is 0.244. The highest BCUT2D eigenvalue weighted by Crippen LogP contribution is 2.24. The molecule has 0 aliphatic carbocycles. The van der Waals surface area contributed by atoms with Crippen molar-refractivity contribution in [1.82, 2.24) is 4.90 Å². The van der Waals surface area contributed by atoms with Crippen molar-refractivity contribution in [3.63, 3.8) is 0 Å². The van der Waals surface area contributed by atoms with E-state index in [2.05, 4.69) is 5.32 Å². The van der Waals surface area contributed by atoms with E-state index in [-0.39, 0.29) is 6.03 Å². The highest BCUT2D eigenvalue weighted by Gasteiger charge is 2.17. The second-order valence-electron chi connectivity index (χ2n) is 4.56. The second-order valence-corrected chi connectivity index (χ2v) is 4.56. The van der Waals surface area contributed by atoms with E-state index < -0.39 is 12.6 Å². The largest absolute Gasteiger partial charge is 0.480 e. The van der Waals surface area contributed by atoms with E-state index in [1.807, 2.05) is 0 Å². The van der Waals surface area contributed by atoms with Crippen LogP contribution in [0.5, 0.6) is 5.75 Å². The summed E-state index contributed by atoms with van der Waals surface area (Å²) in [5.74, 6) is -0.736. The molecule has 0 saturated carbocycles. The van der Waals surface area contributed by atoms with Crippen LogP contribution in [0.4, 0.5) is 10.5 Å². The molecule has 21 heavy (non-hydrogen) atoms. The number of carboxylic acids is 1. The number of ether oxygens (including phenoxy) is 2. The number of benzene rings is 1. The summed E-state index contributed by atoms with van der Waals surface area (Å²) in [4.78, 5) is 24.4. The predicted octanol–water partition coefficient (Wildman–Crippen LogP) is 1.40. The Bertz CT molecular complexity index is 498. The first kappa shape index (κ1) is 15.1. The summed E-state index contributed by atoms with van der Waals surface area (Å²) < 4.78 is 10.5. The number of aliphatic carboxylic acids is 1. The number of hydrogen-bond donors (Lipinski definition) is 2. The normalized spacial score (nSPS) is 15.1. The first-order valence-electron chi connectivity index (χ1n) is 6.74. The van der Waals surface area contributed by atoms with Crippen molar-refractivity contribution in [3.8, 4) is 5.75 Å². The fourth-order valence-corrected chi connectivity index (χ4v) is 1.98. The molecule has 0 spiro atoms. The second kappa shape index (κ2) is 7.49. The minimum atomic E-state index is -1.07. The molecule has 0 bridgehead atoms. The molecule has 7 heteroatoms. The zero-order valence-corrected chi connectivity index (χ0v) is 11.6. The predicted molar refractivity (Wildman–Crippen MR) is 75.6 cm³/mol. The number of para-hydroxylation sites is 2. The Labute approximate surface area is 122 Å². The van der Waals surface area contributed by atoms with Crippen LogP contribution in [0.2, 0.25) is 0 Å². The third kappa shape index (κ3) is 4.64. The zero-order chi connectivity index (χ0) is 15.1. The number of carbonyl (C=O) groups is 2. The van der Waals surface area contributed by atoms with Gasteiger partial charge in [-0.3, -0.25) is 0 Å². The quantitative estimate of drug-likeness (QED) is 0.876. The van der Waals surface area contributed by atoms with Crippen molar-refractivity contribution < 1.29 is 24.2 Å². The first-order valence-corrected chi connectivity index (χ1v) is 6.74. The van der Waals surface area contributed by atoms with Crippen LogP contribution in [-0.2, 0) is 9.53 Å². The Balaban J connectivity index is 2.00. The van der Waals surface area contributed by atoms with Gasteiger partial charge < -0.3 is 24.8 Å². The molecule has 0 aromatic heterocycles. The number of hydrogen-bond acceptors (Lipinski definition) is 4. The monoisotopic (exact) mass is 294 g/mol. The number of nitrogens with one attached hydrogen (secondary N) is 1. The van der Waals surface area contributed by atoms with Gasteiger partial charge in [0.2, 0.25) is 0 Å². The van der Waals surface area contributed by atoms with E-state index >= 15 is 0 Å². The lowest BCUT2D eigenvalue weighted by Crippen LogP contribution is -2.36. The molecule has 0 atom stereocenters. The van der Waals surface area contributed by atoms with Gasteiger partial charge in [-0.2, -0.15) is 0 Å². The first-order chi connectivity index (χ1) is 10.2. The van der Waals surface area contributed by atoms with Gasteiger partial charge in [0.25, 0.3) is 0 Å². The number of amides is 2. The molecule has 114 valence electrons. The van der Waals surface area contributed by atoms with Crippen LogP contribution in [0.15, 0.2) is 24.3 Å². The van der Waals surface area contributed by atoms with E-state index in [0.29, 0.717) is 37.7 Å². The van der Waals surface area contributed by atoms with Gasteiger partial charge in [-0.1, -0.05) is 12.1 Å². The third-order valence-corrected chi connectivity index (χ3v) is 2.99. The van der Waals surface area contributed by atoms with Crippen LogP contribution < -0.4 is 10.1 Å². The molecule has 1 heterocycles. The van der Waals surface area contributed by atoms with Crippen LogP contribution in [0.3, 0.4) is 0 Å². The fourth-order valence-electron chi connectivity index (χ4n) is 1.98. The highest BCUT2D eigenvalue weighted by molar-refractivity contribution is 5.91. The third-order valence-electron chi connectivity index (χ3n) is 2.99. The Morgan fingerprint density at radius 3 is 2.90 bits per heavy atom. The number of carboxylic acid groups (broad SMARTS) is 1. The Kier molecular flexibility index (Phi) is 5.39. The molecule has 2 amide bonds. The lowest BCUT2D eigenvalue weighted by molar-refractivity contribution is -0.139. The van der Waals surface area contributed by atoms with Gasteiger partial charge >= 0.3 is 12.0 Å². The van der Waals surface area contributed by atoms with E-state index in [9.17, 15) is 9.59 Å². The van der Waals surface area contributed by atoms with Gasteiger partial charge in [0.05, 0.1) is 12.3 Å². The Morgan fingerprint density at radius 2 is 2.10 bits per heavy atom. The van der Waals surface area contributed by atoms with Crippen LogP contribution in [0.1, 0.15) is 6.42 Å². The molecule has 1 aliphatic heterocycles. The fraction of sp³-hybridized carbons (Fsp3) is 0.429. The van der Waals surface area contributed by atoms with E-state index in [1.165, 1.54) is 0 Å². The molecule has 1 aromatic rings. The lowest BCUT2D eigenvalue weighted by Gasteiger charge is -2.21. The topological polar surface area (TPSA) is 88.1 Å². The van der Waals surface area contributed by atoms with E-state index in [0.717, 1.165) is 6.42 Å². The van der Waals surface area contributed by atoms with Gasteiger partial charge in [0.15, 0.2) is 6.61 Å². The standard InChI is InChI=1S/C14H18N2O5/c17-13(18)10-21-12-5-2-1-4-11(12)15-14(19)16-6-3-8-20-9-7-16/h1-2,4-5H,3,6-10H2,(H,15,19)(H,17,18). The maximum Gasteiger partial charge on any atom is 0.341 e. The summed E-state index contributed by atoms with van der Waals surface area (Å²) in [6.45, 7) is 1.88. The molecule has 7 nitrogen and oxygen atoms in total. The van der Waals surface area contributed by atoms with E-state index in [4.69, 9.17) is 14.6 Å². The highest BCUT2D eigenvalue weighted by atomic mass is 16.5. The summed E-state index contributed by atoms with van der Waals surface area (Å²) in [6.07, 6.45) is 0.796. The molecular weight excluding hydrogens is 276 g/mol. The summed E-state index contributed by atoms with van der Waals surface area (Å²) >= 11 is 0. The van der Waals surface area contributed by atoms with Crippen molar-refractivity contribution in [2.24, 2.45) is 0 Å². The Morgan fingerprint density at radius 1 is 1.29 bits per heavy atom. The maximum atomic E-state index is 12.2. The molecule has 0 unspecified atom stereocenters. The molecule has 1 aliphatic rings. The van der Waals surface area contributed by atoms with Gasteiger partial charge in [0, 0.05) is 19.7 Å². The molecule has 1 aromatic carbocycles. The molecule has 1 fully saturated rings. The number of rotatable bonds is 4. The number of anilines is 1. The SMILES string of the molecule is O=C(O)COc1ccccc1NC(=O)N1CCCOCC1. The van der Waals surface area contributed by atoms with Crippen molar-refractivity contribution in [2.75, 3.05) is 38.2 Å². The van der Waals surface area contributed by atoms with Crippen molar-refractivity contribution in [1.29, 1.82) is 0 Å².